The van der Waals surface area contributed by atoms with Gasteiger partial charge in [-0.3, -0.25) is 4.68 Å². The highest BCUT2D eigenvalue weighted by molar-refractivity contribution is 9.10. The van der Waals surface area contributed by atoms with Gasteiger partial charge in [-0.25, -0.2) is 0 Å². The van der Waals surface area contributed by atoms with Crippen molar-refractivity contribution in [2.75, 3.05) is 7.05 Å². The summed E-state index contributed by atoms with van der Waals surface area (Å²) in [6.45, 7) is 0. The fourth-order valence-electron chi connectivity index (χ4n) is 1.99. The Balaban J connectivity index is 2.23. The lowest BCUT2D eigenvalue weighted by Crippen LogP contribution is -2.21. The van der Waals surface area contributed by atoms with Crippen molar-refractivity contribution in [3.8, 4) is 0 Å². The van der Waals surface area contributed by atoms with Gasteiger partial charge in [-0.05, 0) is 37.2 Å². The highest BCUT2D eigenvalue weighted by Gasteiger charge is 2.15. The number of benzene rings is 1. The van der Waals surface area contributed by atoms with E-state index in [1.54, 1.807) is 0 Å². The third-order valence-electron chi connectivity index (χ3n) is 3.00. The molecule has 1 unspecified atom stereocenters. The van der Waals surface area contributed by atoms with Gasteiger partial charge in [0.2, 0.25) is 0 Å². The van der Waals surface area contributed by atoms with Crippen LogP contribution in [-0.4, -0.2) is 16.8 Å². The first-order valence-corrected chi connectivity index (χ1v) is 6.88. The molecule has 0 bridgehead atoms. The topological polar surface area (TPSA) is 29.9 Å². The second-order valence-corrected chi connectivity index (χ2v) is 5.48. The molecule has 96 valence electrons. The van der Waals surface area contributed by atoms with Gasteiger partial charge in [0.25, 0.3) is 0 Å². The van der Waals surface area contributed by atoms with E-state index in [1.807, 2.05) is 49.2 Å². The summed E-state index contributed by atoms with van der Waals surface area (Å²) in [6, 6.07) is 8.21. The van der Waals surface area contributed by atoms with Gasteiger partial charge in [-0.1, -0.05) is 33.6 Å². The number of aromatic nitrogens is 2. The van der Waals surface area contributed by atoms with Crippen molar-refractivity contribution in [1.82, 2.24) is 15.1 Å². The van der Waals surface area contributed by atoms with Crippen LogP contribution in [-0.2, 0) is 13.5 Å². The number of hydrogen-bond donors (Lipinski definition) is 1. The highest BCUT2D eigenvalue weighted by atomic mass is 79.9. The Hall–Kier alpha value is -0.840. The summed E-state index contributed by atoms with van der Waals surface area (Å²) < 4.78 is 2.88. The lowest BCUT2D eigenvalue weighted by atomic mass is 10.0. The van der Waals surface area contributed by atoms with Crippen LogP contribution in [0.4, 0.5) is 0 Å². The molecule has 0 saturated heterocycles. The van der Waals surface area contributed by atoms with Gasteiger partial charge >= 0.3 is 0 Å². The summed E-state index contributed by atoms with van der Waals surface area (Å²) >= 11 is 9.67. The van der Waals surface area contributed by atoms with Gasteiger partial charge in [-0.2, -0.15) is 5.10 Å². The van der Waals surface area contributed by atoms with Crippen LogP contribution in [0.15, 0.2) is 34.9 Å². The van der Waals surface area contributed by atoms with Gasteiger partial charge in [0, 0.05) is 22.7 Å². The lowest BCUT2D eigenvalue weighted by Gasteiger charge is -2.17. The number of nitrogens with one attached hydrogen (secondary N) is 1. The Morgan fingerprint density at radius 2 is 2.22 bits per heavy atom. The van der Waals surface area contributed by atoms with Gasteiger partial charge in [0.15, 0.2) is 0 Å². The molecular formula is C13H15BrClN3. The van der Waals surface area contributed by atoms with E-state index in [0.29, 0.717) is 0 Å². The Labute approximate surface area is 120 Å². The van der Waals surface area contributed by atoms with Crippen molar-refractivity contribution in [3.05, 3.63) is 51.2 Å². The van der Waals surface area contributed by atoms with E-state index in [0.717, 1.165) is 27.2 Å². The summed E-state index contributed by atoms with van der Waals surface area (Å²) in [5.41, 5.74) is 2.27. The van der Waals surface area contributed by atoms with Crippen molar-refractivity contribution < 1.29 is 0 Å². The van der Waals surface area contributed by atoms with Crippen LogP contribution in [0.5, 0.6) is 0 Å². The van der Waals surface area contributed by atoms with Gasteiger partial charge in [0.1, 0.15) is 0 Å². The van der Waals surface area contributed by atoms with Crippen LogP contribution >= 0.6 is 27.5 Å². The van der Waals surface area contributed by atoms with E-state index in [1.165, 1.54) is 0 Å². The lowest BCUT2D eigenvalue weighted by molar-refractivity contribution is 0.537. The SMILES string of the molecule is CNC(Cc1ccc(Br)cc1Cl)c1ccnn1C. The summed E-state index contributed by atoms with van der Waals surface area (Å²) in [7, 11) is 3.90. The van der Waals surface area contributed by atoms with Crippen molar-refractivity contribution >= 4 is 27.5 Å². The largest absolute Gasteiger partial charge is 0.311 e. The smallest absolute Gasteiger partial charge is 0.0553 e. The first-order chi connectivity index (χ1) is 8.61. The normalized spacial score (nSPS) is 12.7. The number of hydrogen-bond acceptors (Lipinski definition) is 2. The van der Waals surface area contributed by atoms with Crippen LogP contribution in [0.3, 0.4) is 0 Å². The predicted molar refractivity (Wildman–Crippen MR) is 77.9 cm³/mol. The van der Waals surface area contributed by atoms with E-state index in [4.69, 9.17) is 11.6 Å². The molecule has 0 spiro atoms. The zero-order valence-electron chi connectivity index (χ0n) is 10.3. The molecular weight excluding hydrogens is 314 g/mol. The first-order valence-electron chi connectivity index (χ1n) is 5.71. The molecule has 0 fully saturated rings. The van der Waals surface area contributed by atoms with Crippen LogP contribution in [0, 0.1) is 0 Å². The monoisotopic (exact) mass is 327 g/mol. The fourth-order valence-corrected chi connectivity index (χ4v) is 2.74. The molecule has 3 nitrogen and oxygen atoms in total. The minimum atomic E-state index is 0.205. The first kappa shape index (κ1) is 13.6. The molecule has 1 aromatic carbocycles. The number of likely N-dealkylation sites (N-methyl/N-ethyl adjacent to an activating group) is 1. The molecule has 0 amide bonds. The minimum Gasteiger partial charge on any atom is -0.311 e. The van der Waals surface area contributed by atoms with Crippen LogP contribution in [0.25, 0.3) is 0 Å². The Morgan fingerprint density at radius 3 is 2.78 bits per heavy atom. The Morgan fingerprint density at radius 1 is 1.44 bits per heavy atom. The van der Waals surface area contributed by atoms with Crippen molar-refractivity contribution in [2.45, 2.75) is 12.5 Å². The number of rotatable bonds is 4. The second-order valence-electron chi connectivity index (χ2n) is 4.16. The standard InChI is InChI=1S/C13H15BrClN3/c1-16-12(13-5-6-17-18(13)2)7-9-3-4-10(14)8-11(9)15/h3-6,8,12,16H,7H2,1-2H3. The maximum absolute atomic E-state index is 6.25. The van der Waals surface area contributed by atoms with Crippen molar-refractivity contribution in [1.29, 1.82) is 0 Å². The molecule has 1 heterocycles. The maximum Gasteiger partial charge on any atom is 0.0553 e. The van der Waals surface area contributed by atoms with Crippen molar-refractivity contribution in [3.63, 3.8) is 0 Å². The zero-order chi connectivity index (χ0) is 13.1. The maximum atomic E-state index is 6.25. The van der Waals surface area contributed by atoms with E-state index in [9.17, 15) is 0 Å². The molecule has 2 aromatic rings. The average Bonchev–Trinajstić information content (AvgIpc) is 2.75. The third kappa shape index (κ3) is 2.94. The summed E-state index contributed by atoms with van der Waals surface area (Å²) in [5.74, 6) is 0. The molecule has 2 rings (SSSR count). The Kier molecular flexibility index (Phi) is 4.43. The summed E-state index contributed by atoms with van der Waals surface area (Å²) in [4.78, 5) is 0. The van der Waals surface area contributed by atoms with E-state index < -0.39 is 0 Å². The molecule has 1 atom stereocenters. The van der Waals surface area contributed by atoms with Gasteiger partial charge in [0.05, 0.1) is 11.7 Å². The molecule has 0 aliphatic heterocycles. The number of nitrogens with zero attached hydrogens (tertiary/aromatic N) is 2. The average molecular weight is 329 g/mol. The second kappa shape index (κ2) is 5.87. The number of aryl methyl sites for hydroxylation is 1. The van der Waals surface area contributed by atoms with Crippen LogP contribution < -0.4 is 5.32 Å². The van der Waals surface area contributed by atoms with Crippen molar-refractivity contribution in [2.24, 2.45) is 7.05 Å². The molecule has 0 aliphatic rings. The molecule has 5 heteroatoms. The minimum absolute atomic E-state index is 0.205. The summed E-state index contributed by atoms with van der Waals surface area (Å²) in [6.07, 6.45) is 2.64. The van der Waals surface area contributed by atoms with E-state index in [2.05, 4.69) is 26.3 Å². The molecule has 18 heavy (non-hydrogen) atoms. The molecule has 0 saturated carbocycles. The summed E-state index contributed by atoms with van der Waals surface area (Å²) in [5, 5.41) is 8.29. The van der Waals surface area contributed by atoms with Crippen LogP contribution in [0.1, 0.15) is 17.3 Å². The van der Waals surface area contributed by atoms with Crippen LogP contribution in [0.2, 0.25) is 5.02 Å². The molecule has 1 aromatic heterocycles. The van der Waals surface area contributed by atoms with Gasteiger partial charge in [-0.15, -0.1) is 0 Å². The fraction of sp³-hybridized carbons (Fsp3) is 0.308. The number of halogens is 2. The Bertz CT molecular complexity index is 539. The molecule has 1 N–H and O–H groups in total. The van der Waals surface area contributed by atoms with E-state index >= 15 is 0 Å². The van der Waals surface area contributed by atoms with E-state index in [-0.39, 0.29) is 6.04 Å². The quantitative estimate of drug-likeness (QED) is 0.933. The molecule has 0 radical (unpaired) electrons. The van der Waals surface area contributed by atoms with Gasteiger partial charge < -0.3 is 5.32 Å². The third-order valence-corrected chi connectivity index (χ3v) is 3.85. The zero-order valence-corrected chi connectivity index (χ0v) is 12.7. The molecule has 0 aliphatic carbocycles. The predicted octanol–water partition coefficient (Wildman–Crippen LogP) is 3.34. The highest BCUT2D eigenvalue weighted by Crippen LogP contribution is 2.26.